The molecule has 1 atom stereocenters. The van der Waals surface area contributed by atoms with Gasteiger partial charge in [0.2, 0.25) is 0 Å². The topological polar surface area (TPSA) is 94.0 Å². The summed E-state index contributed by atoms with van der Waals surface area (Å²) in [5.41, 5.74) is 2.78. The Hall–Kier alpha value is -3.48. The second-order valence-electron chi connectivity index (χ2n) is 5.64. The van der Waals surface area contributed by atoms with E-state index in [1.54, 1.807) is 23.0 Å². The number of carboxylic acids is 1. The van der Waals surface area contributed by atoms with Gasteiger partial charge in [0.15, 0.2) is 0 Å². The van der Waals surface area contributed by atoms with Crippen molar-refractivity contribution in [1.82, 2.24) is 19.9 Å². The number of aliphatic carboxylic acids is 1. The lowest BCUT2D eigenvalue weighted by Gasteiger charge is -2.17. The normalized spacial score (nSPS) is 12.3. The number of fused-ring (bicyclic) bond motifs is 1. The van der Waals surface area contributed by atoms with E-state index >= 15 is 0 Å². The van der Waals surface area contributed by atoms with Crippen molar-refractivity contribution < 1.29 is 14.5 Å². The number of hydrogen-bond acceptors (Lipinski definition) is 5. The van der Waals surface area contributed by atoms with Gasteiger partial charge in [-0.2, -0.15) is 0 Å². The summed E-state index contributed by atoms with van der Waals surface area (Å²) in [7, 11) is 0. The second kappa shape index (κ2) is 6.20. The van der Waals surface area contributed by atoms with Crippen LogP contribution in [0, 0.1) is 0 Å². The van der Waals surface area contributed by atoms with E-state index in [0.717, 1.165) is 5.56 Å². The summed E-state index contributed by atoms with van der Waals surface area (Å²) in [5.74, 6) is -0.404. The molecule has 2 aromatic heterocycles. The number of aromatic nitrogens is 4. The van der Waals surface area contributed by atoms with Crippen LogP contribution >= 0.6 is 0 Å². The second-order valence-corrected chi connectivity index (χ2v) is 5.64. The standard InChI is InChI=1S/C18H14N4O3/c23-18(24)15(11-12-5-2-1-3-6-12)22-10-9-19-17(22)13-7-4-8-14-16(13)21-25-20-14/h1-10,15H,11H2,(H,23,24)/t15-/m0/s1. The molecule has 0 bridgehead atoms. The quantitative estimate of drug-likeness (QED) is 0.603. The first-order valence-electron chi connectivity index (χ1n) is 7.75. The number of carboxylic acid groups (broad SMARTS) is 1. The van der Waals surface area contributed by atoms with Crippen molar-refractivity contribution >= 4 is 17.0 Å². The predicted molar refractivity (Wildman–Crippen MR) is 89.8 cm³/mol. The largest absolute Gasteiger partial charge is 0.480 e. The van der Waals surface area contributed by atoms with Crippen LogP contribution in [0.25, 0.3) is 22.4 Å². The Morgan fingerprint density at radius 3 is 2.76 bits per heavy atom. The Kier molecular flexibility index (Phi) is 3.74. The average molecular weight is 334 g/mol. The SMILES string of the molecule is O=C(O)[C@H](Cc1ccccc1)n1ccnc1-c1cccc2nonc12. The molecule has 1 N–H and O–H groups in total. The molecule has 0 saturated heterocycles. The Balaban J connectivity index is 1.79. The van der Waals surface area contributed by atoms with Crippen LogP contribution in [0.1, 0.15) is 11.6 Å². The van der Waals surface area contributed by atoms with Gasteiger partial charge in [-0.15, -0.1) is 0 Å². The molecule has 0 saturated carbocycles. The van der Waals surface area contributed by atoms with E-state index in [1.165, 1.54) is 0 Å². The maximum absolute atomic E-state index is 11.9. The molecule has 0 spiro atoms. The third-order valence-electron chi connectivity index (χ3n) is 4.09. The molecule has 0 aliphatic heterocycles. The van der Waals surface area contributed by atoms with E-state index in [1.807, 2.05) is 42.5 Å². The van der Waals surface area contributed by atoms with Crippen molar-refractivity contribution in [3.63, 3.8) is 0 Å². The Morgan fingerprint density at radius 1 is 1.12 bits per heavy atom. The molecule has 0 fully saturated rings. The van der Waals surface area contributed by atoms with Crippen molar-refractivity contribution in [2.45, 2.75) is 12.5 Å². The molecular weight excluding hydrogens is 320 g/mol. The first-order valence-corrected chi connectivity index (χ1v) is 7.75. The summed E-state index contributed by atoms with van der Waals surface area (Å²) in [6, 6.07) is 14.1. The molecule has 0 unspecified atom stereocenters. The molecule has 0 amide bonds. The van der Waals surface area contributed by atoms with Gasteiger partial charge in [-0.3, -0.25) is 0 Å². The summed E-state index contributed by atoms with van der Waals surface area (Å²) >= 11 is 0. The first-order chi connectivity index (χ1) is 12.2. The van der Waals surface area contributed by atoms with E-state index in [4.69, 9.17) is 4.63 Å². The summed E-state index contributed by atoms with van der Waals surface area (Å²) in [4.78, 5) is 16.3. The fraction of sp³-hybridized carbons (Fsp3) is 0.111. The highest BCUT2D eigenvalue weighted by atomic mass is 16.6. The van der Waals surface area contributed by atoms with Crippen molar-refractivity contribution in [3.8, 4) is 11.4 Å². The average Bonchev–Trinajstić information content (AvgIpc) is 3.29. The number of hydrogen-bond donors (Lipinski definition) is 1. The van der Waals surface area contributed by atoms with E-state index in [0.29, 0.717) is 28.8 Å². The van der Waals surface area contributed by atoms with Gasteiger partial charge in [-0.05, 0) is 28.0 Å². The maximum Gasteiger partial charge on any atom is 0.327 e. The maximum atomic E-state index is 11.9. The highest BCUT2D eigenvalue weighted by Crippen LogP contribution is 2.28. The molecule has 0 radical (unpaired) electrons. The Morgan fingerprint density at radius 2 is 1.96 bits per heavy atom. The third-order valence-corrected chi connectivity index (χ3v) is 4.09. The predicted octanol–water partition coefficient (Wildman–Crippen LogP) is 2.95. The highest BCUT2D eigenvalue weighted by molar-refractivity contribution is 5.89. The van der Waals surface area contributed by atoms with Gasteiger partial charge in [0.25, 0.3) is 0 Å². The zero-order valence-corrected chi connectivity index (χ0v) is 13.1. The number of nitrogens with zero attached hydrogens (tertiary/aromatic N) is 4. The van der Waals surface area contributed by atoms with Crippen molar-refractivity contribution in [3.05, 3.63) is 66.5 Å². The molecule has 124 valence electrons. The molecule has 2 aromatic carbocycles. The highest BCUT2D eigenvalue weighted by Gasteiger charge is 2.24. The molecular formula is C18H14N4O3. The summed E-state index contributed by atoms with van der Waals surface area (Å²) in [6.45, 7) is 0. The van der Waals surface area contributed by atoms with Crippen LogP contribution < -0.4 is 0 Å². The van der Waals surface area contributed by atoms with Crippen LogP contribution in [0.15, 0.2) is 65.6 Å². The monoisotopic (exact) mass is 334 g/mol. The van der Waals surface area contributed by atoms with Gasteiger partial charge in [-0.25, -0.2) is 14.4 Å². The van der Waals surface area contributed by atoms with Crippen LogP contribution in [-0.2, 0) is 11.2 Å². The molecule has 0 aliphatic carbocycles. The zero-order valence-electron chi connectivity index (χ0n) is 13.1. The van der Waals surface area contributed by atoms with Gasteiger partial charge in [0, 0.05) is 24.4 Å². The molecule has 0 aliphatic rings. The Labute approximate surface area is 142 Å². The molecule has 2 heterocycles. The lowest BCUT2D eigenvalue weighted by molar-refractivity contribution is -0.140. The van der Waals surface area contributed by atoms with Gasteiger partial charge < -0.3 is 9.67 Å². The lowest BCUT2D eigenvalue weighted by atomic mass is 10.1. The fourth-order valence-corrected chi connectivity index (χ4v) is 2.90. The van der Waals surface area contributed by atoms with Crippen LogP contribution in [0.3, 0.4) is 0 Å². The summed E-state index contributed by atoms with van der Waals surface area (Å²) in [5, 5.41) is 17.5. The molecule has 4 aromatic rings. The van der Waals surface area contributed by atoms with Gasteiger partial charge in [-0.1, -0.05) is 36.4 Å². The summed E-state index contributed by atoms with van der Waals surface area (Å²) < 4.78 is 6.45. The molecule has 7 nitrogen and oxygen atoms in total. The molecule has 7 heteroatoms. The van der Waals surface area contributed by atoms with Crippen LogP contribution in [0.2, 0.25) is 0 Å². The molecule has 25 heavy (non-hydrogen) atoms. The number of rotatable bonds is 5. The van der Waals surface area contributed by atoms with Crippen LogP contribution in [0.5, 0.6) is 0 Å². The minimum Gasteiger partial charge on any atom is -0.480 e. The van der Waals surface area contributed by atoms with Gasteiger partial charge >= 0.3 is 5.97 Å². The first kappa shape index (κ1) is 15.1. The fourth-order valence-electron chi connectivity index (χ4n) is 2.90. The van der Waals surface area contributed by atoms with Gasteiger partial charge in [0.1, 0.15) is 22.9 Å². The van der Waals surface area contributed by atoms with E-state index in [-0.39, 0.29) is 0 Å². The zero-order chi connectivity index (χ0) is 17.2. The van der Waals surface area contributed by atoms with Crippen molar-refractivity contribution in [1.29, 1.82) is 0 Å². The van der Waals surface area contributed by atoms with E-state index in [2.05, 4.69) is 15.3 Å². The minimum atomic E-state index is -0.923. The number of benzene rings is 2. The van der Waals surface area contributed by atoms with Gasteiger partial charge in [0.05, 0.1) is 0 Å². The van der Waals surface area contributed by atoms with E-state index in [9.17, 15) is 9.90 Å². The summed E-state index contributed by atoms with van der Waals surface area (Å²) in [6.07, 6.45) is 3.61. The third kappa shape index (κ3) is 2.76. The Bertz CT molecular complexity index is 1020. The number of carbonyl (C=O) groups is 1. The van der Waals surface area contributed by atoms with Crippen LogP contribution in [0.4, 0.5) is 0 Å². The van der Waals surface area contributed by atoms with Crippen molar-refractivity contribution in [2.24, 2.45) is 0 Å². The number of imidazole rings is 1. The van der Waals surface area contributed by atoms with E-state index < -0.39 is 12.0 Å². The van der Waals surface area contributed by atoms with Crippen molar-refractivity contribution in [2.75, 3.05) is 0 Å². The lowest BCUT2D eigenvalue weighted by Crippen LogP contribution is -2.21. The molecule has 4 rings (SSSR count). The van der Waals surface area contributed by atoms with Crippen LogP contribution in [-0.4, -0.2) is 30.9 Å². The minimum absolute atomic E-state index is 0.354. The smallest absolute Gasteiger partial charge is 0.327 e.